The van der Waals surface area contributed by atoms with Crippen molar-refractivity contribution in [1.82, 2.24) is 0 Å². The normalized spacial score (nSPS) is 24.7. The van der Waals surface area contributed by atoms with E-state index in [2.05, 4.69) is 16.9 Å². The van der Waals surface area contributed by atoms with E-state index in [1.165, 1.54) is 0 Å². The third-order valence-corrected chi connectivity index (χ3v) is 11.0. The van der Waals surface area contributed by atoms with Crippen LogP contribution in [-0.2, 0) is 45.6 Å². The average molecular weight is 970 g/mol. The molecule has 24 nitrogen and oxygen atoms in total. The maximum atomic E-state index is 11.9. The van der Waals surface area contributed by atoms with Crippen molar-refractivity contribution >= 4 is 82.0 Å². The first kappa shape index (κ1) is 46.0. The second kappa shape index (κ2) is 19.2. The molecule has 26 heteroatoms. The molecule has 6 atom stereocenters. The molecule has 0 saturated carbocycles. The second-order valence-corrected chi connectivity index (χ2v) is 13.3. The van der Waals surface area contributed by atoms with Gasteiger partial charge in [0.15, 0.2) is 0 Å². The summed E-state index contributed by atoms with van der Waals surface area (Å²) in [7, 11) is 0. The number of carbonyl (C=O) groups is 6. The van der Waals surface area contributed by atoms with Gasteiger partial charge >= 0.3 is 195 Å². The second-order valence-electron chi connectivity index (χ2n) is 5.58. The van der Waals surface area contributed by atoms with Crippen LogP contribution in [0.25, 0.3) is 0 Å². The molecule has 2 aliphatic heterocycles. The molecular formula is C12H24Bi2O24. The van der Waals surface area contributed by atoms with Crippen LogP contribution in [0.5, 0.6) is 0 Å². The molecule has 0 aromatic carbocycles. The zero-order valence-corrected chi connectivity index (χ0v) is 24.9. The molecule has 2 saturated heterocycles. The van der Waals surface area contributed by atoms with Gasteiger partial charge in [0.2, 0.25) is 0 Å². The van der Waals surface area contributed by atoms with E-state index >= 15 is 0 Å². The molecule has 6 unspecified atom stereocenters. The zero-order chi connectivity index (χ0) is 24.3. The summed E-state index contributed by atoms with van der Waals surface area (Å²) in [5.74, 6) is -9.99. The molecule has 38 heavy (non-hydrogen) atoms. The van der Waals surface area contributed by atoms with Gasteiger partial charge in [-0.2, -0.15) is 0 Å². The standard InChI is InChI=1S/3C4H6O6.2Bi.6H2O/c3*5-1(3(7)8)2(6)4(9)10;;;;;;;;/h3*1-2,5-6H,(H,7,8)(H,9,10);;;6*1H2/q;;;2*+3;;;;;;/p-6. The molecule has 0 bridgehead atoms. The molecule has 0 amide bonds. The van der Waals surface area contributed by atoms with Crippen LogP contribution in [0.15, 0.2) is 0 Å². The molecule has 226 valence electrons. The van der Waals surface area contributed by atoms with E-state index in [0.717, 1.165) is 0 Å². The van der Waals surface area contributed by atoms with Gasteiger partial charge in [0.05, 0.1) is 0 Å². The van der Waals surface area contributed by atoms with Crippen LogP contribution in [0.3, 0.4) is 0 Å². The SMILES string of the molecule is O.O.O.O.O.O.O=C1[O][Bi]([O]C(=O)C(O)C(O)C(=O)[O][Bi]2[O]C(=O)C(O)C(O)C(=O)[O]2)[O]C(=O)C(O)C1O. The Morgan fingerprint density at radius 1 is 0.553 bits per heavy atom. The summed E-state index contributed by atoms with van der Waals surface area (Å²) in [5.41, 5.74) is 0. The van der Waals surface area contributed by atoms with Crippen molar-refractivity contribution < 1.29 is 109 Å². The Labute approximate surface area is 227 Å². The van der Waals surface area contributed by atoms with Gasteiger partial charge in [0.25, 0.3) is 0 Å². The van der Waals surface area contributed by atoms with Gasteiger partial charge in [-0.05, 0) is 0 Å². The quantitative estimate of drug-likeness (QED) is 0.139. The monoisotopic (exact) mass is 970 g/mol. The Bertz CT molecular complexity index is 708. The van der Waals surface area contributed by atoms with E-state index in [-0.39, 0.29) is 32.9 Å². The molecular weight excluding hydrogens is 946 g/mol. The summed E-state index contributed by atoms with van der Waals surface area (Å²) < 4.78 is 26.5. The van der Waals surface area contributed by atoms with Crippen LogP contribution >= 0.6 is 0 Å². The number of hydrogen-bond acceptors (Lipinski definition) is 18. The summed E-state index contributed by atoms with van der Waals surface area (Å²) in [6.07, 6.45) is -14.8. The zero-order valence-electron chi connectivity index (χ0n) is 17.9. The van der Waals surface area contributed by atoms with Gasteiger partial charge in [-0.15, -0.1) is 0 Å². The number of aliphatic hydroxyl groups excluding tert-OH is 6. The van der Waals surface area contributed by atoms with Gasteiger partial charge in [-0.3, -0.25) is 0 Å². The van der Waals surface area contributed by atoms with E-state index in [4.69, 9.17) is 0 Å². The van der Waals surface area contributed by atoms with Crippen LogP contribution in [0, 0.1) is 0 Å². The summed E-state index contributed by atoms with van der Waals surface area (Å²) in [6, 6.07) is 0. The van der Waals surface area contributed by atoms with Crippen LogP contribution in [0.4, 0.5) is 0 Å². The van der Waals surface area contributed by atoms with Crippen molar-refractivity contribution in [3.05, 3.63) is 0 Å². The van der Waals surface area contributed by atoms with Crippen LogP contribution in [-0.4, -0.2) is 182 Å². The fraction of sp³-hybridized carbons (Fsp3) is 0.500. The van der Waals surface area contributed by atoms with Crippen molar-refractivity contribution in [2.45, 2.75) is 36.6 Å². The minimum absolute atomic E-state index is 0. The van der Waals surface area contributed by atoms with Crippen LogP contribution in [0.2, 0.25) is 0 Å². The first-order chi connectivity index (χ1) is 14.8. The maximum absolute atomic E-state index is 11.9. The van der Waals surface area contributed by atoms with Gasteiger partial charge in [-0.25, -0.2) is 0 Å². The Morgan fingerprint density at radius 2 is 0.737 bits per heavy atom. The molecule has 2 fully saturated rings. The number of aliphatic hydroxyl groups is 6. The van der Waals surface area contributed by atoms with E-state index in [1.807, 2.05) is 0 Å². The van der Waals surface area contributed by atoms with E-state index in [0.29, 0.717) is 0 Å². The van der Waals surface area contributed by atoms with Gasteiger partial charge in [-0.1, -0.05) is 0 Å². The summed E-state index contributed by atoms with van der Waals surface area (Å²) in [4.78, 5) is 69.4. The molecule has 18 N–H and O–H groups in total. The number of rotatable bonds is 5. The molecule has 2 aliphatic rings. The molecule has 0 spiro atoms. The predicted molar refractivity (Wildman–Crippen MR) is 106 cm³/mol. The Hall–Kier alpha value is -1.89. The molecule has 0 radical (unpaired) electrons. The van der Waals surface area contributed by atoms with Gasteiger partial charge in [0, 0.05) is 0 Å². The topological polar surface area (TPSA) is 468 Å². The molecule has 0 aliphatic carbocycles. The van der Waals surface area contributed by atoms with Crippen molar-refractivity contribution in [3.8, 4) is 0 Å². The Balaban J connectivity index is -0.000000605. The number of hydrogen-bond donors (Lipinski definition) is 6. The predicted octanol–water partition coefficient (Wildman–Crippen LogP) is -12.5. The third kappa shape index (κ3) is 11.1. The van der Waals surface area contributed by atoms with Crippen molar-refractivity contribution in [3.63, 3.8) is 0 Å². The fourth-order valence-electron chi connectivity index (χ4n) is 1.65. The first-order valence-electron chi connectivity index (χ1n) is 7.83. The molecule has 2 heterocycles. The van der Waals surface area contributed by atoms with Crippen LogP contribution in [0.1, 0.15) is 0 Å². The first-order valence-corrected chi connectivity index (χ1v) is 16.3. The van der Waals surface area contributed by atoms with E-state index in [9.17, 15) is 59.4 Å². The molecule has 0 aromatic rings. The van der Waals surface area contributed by atoms with Crippen molar-refractivity contribution in [2.75, 3.05) is 0 Å². The molecule has 0 aromatic heterocycles. The summed E-state index contributed by atoms with van der Waals surface area (Å²) in [6.45, 7) is 0. The Kier molecular flexibility index (Phi) is 23.2. The van der Waals surface area contributed by atoms with Crippen LogP contribution < -0.4 is 0 Å². The Morgan fingerprint density at radius 3 is 0.921 bits per heavy atom. The summed E-state index contributed by atoms with van der Waals surface area (Å²) >= 11 is -9.66. The molecule has 2 rings (SSSR count). The van der Waals surface area contributed by atoms with E-state index < -0.39 is 119 Å². The summed E-state index contributed by atoms with van der Waals surface area (Å²) in [5, 5.41) is 56.6. The van der Waals surface area contributed by atoms with E-state index in [1.54, 1.807) is 0 Å². The minimum atomic E-state index is -4.83. The number of carbonyl (C=O) groups excluding carboxylic acids is 6. The van der Waals surface area contributed by atoms with Gasteiger partial charge in [0.1, 0.15) is 0 Å². The van der Waals surface area contributed by atoms with Crippen molar-refractivity contribution in [2.24, 2.45) is 0 Å². The van der Waals surface area contributed by atoms with Crippen molar-refractivity contribution in [1.29, 1.82) is 0 Å². The van der Waals surface area contributed by atoms with Gasteiger partial charge < -0.3 is 32.9 Å². The fourth-order valence-corrected chi connectivity index (χ4v) is 8.47. The average Bonchev–Trinajstić information content (AvgIpc) is 2.88. The third-order valence-electron chi connectivity index (χ3n) is 3.33.